The SMILES string of the molecule is CCCCCCCCCC(OCCCC)(OCCCC)OC(=O)CCCCC(=O)OC(CCCCCCCCC)(OCCCC)OCCCC. The third kappa shape index (κ3) is 27.4. The third-order valence-corrected chi connectivity index (χ3v) is 9.00. The van der Waals surface area contributed by atoms with E-state index in [0.717, 1.165) is 89.9 Å². The maximum absolute atomic E-state index is 13.2. The standard InChI is InChI=1S/C42H82O8/c1-7-13-19-21-23-25-29-33-41(45-35-15-9-3,46-36-16-10-4)49-39(43)31-27-28-32-40(44)50-42(47-37-17-11-5,48-38-18-12-6)34-30-26-24-22-20-14-8-2/h7-38H2,1-6H3. The largest absolute Gasteiger partial charge is 0.408 e. The van der Waals surface area contributed by atoms with Crippen molar-refractivity contribution in [3.63, 3.8) is 0 Å². The number of hydrogen-bond acceptors (Lipinski definition) is 8. The van der Waals surface area contributed by atoms with Gasteiger partial charge in [-0.1, -0.05) is 144 Å². The van der Waals surface area contributed by atoms with Gasteiger partial charge in [-0.25, -0.2) is 0 Å². The van der Waals surface area contributed by atoms with Crippen LogP contribution >= 0.6 is 0 Å². The molecule has 0 saturated carbocycles. The summed E-state index contributed by atoms with van der Waals surface area (Å²) >= 11 is 0. The van der Waals surface area contributed by atoms with Gasteiger partial charge in [0.25, 0.3) is 0 Å². The van der Waals surface area contributed by atoms with Crippen LogP contribution in [-0.4, -0.2) is 50.3 Å². The second kappa shape index (κ2) is 34.8. The smallest absolute Gasteiger partial charge is 0.329 e. The first-order chi connectivity index (χ1) is 24.4. The normalized spacial score (nSPS) is 12.0. The van der Waals surface area contributed by atoms with Gasteiger partial charge in [0.15, 0.2) is 0 Å². The minimum absolute atomic E-state index is 0.184. The molecule has 0 atom stereocenters. The number of carbonyl (C=O) groups excluding carboxylic acids is 2. The van der Waals surface area contributed by atoms with E-state index in [1.54, 1.807) is 0 Å². The summed E-state index contributed by atoms with van der Waals surface area (Å²) in [6.07, 6.45) is 26.1. The molecule has 0 saturated heterocycles. The highest BCUT2D eigenvalue weighted by molar-refractivity contribution is 5.71. The molecule has 298 valence electrons. The van der Waals surface area contributed by atoms with Crippen LogP contribution in [0.1, 0.15) is 221 Å². The van der Waals surface area contributed by atoms with Crippen molar-refractivity contribution in [2.24, 2.45) is 0 Å². The van der Waals surface area contributed by atoms with Crippen LogP contribution < -0.4 is 0 Å². The minimum Gasteiger partial charge on any atom is -0.408 e. The Kier molecular flexibility index (Phi) is 34.0. The summed E-state index contributed by atoms with van der Waals surface area (Å²) in [7, 11) is 0. The first-order valence-corrected chi connectivity index (χ1v) is 21.4. The number of hydrogen-bond donors (Lipinski definition) is 0. The molecule has 0 unspecified atom stereocenters. The zero-order chi connectivity index (χ0) is 37.0. The first kappa shape index (κ1) is 48.8. The lowest BCUT2D eigenvalue weighted by Crippen LogP contribution is -2.42. The van der Waals surface area contributed by atoms with Crippen LogP contribution in [0.4, 0.5) is 0 Å². The Balaban J connectivity index is 5.25. The van der Waals surface area contributed by atoms with Crippen molar-refractivity contribution >= 4 is 11.9 Å². The first-order valence-electron chi connectivity index (χ1n) is 21.4. The van der Waals surface area contributed by atoms with Crippen molar-refractivity contribution in [2.45, 2.75) is 233 Å². The van der Waals surface area contributed by atoms with Crippen LogP contribution in [0.15, 0.2) is 0 Å². The molecule has 0 aromatic heterocycles. The molecule has 0 spiro atoms. The van der Waals surface area contributed by atoms with E-state index in [4.69, 9.17) is 28.4 Å². The van der Waals surface area contributed by atoms with E-state index in [9.17, 15) is 9.59 Å². The van der Waals surface area contributed by atoms with Gasteiger partial charge in [0.05, 0.1) is 26.4 Å². The number of ether oxygens (including phenoxy) is 6. The monoisotopic (exact) mass is 715 g/mol. The van der Waals surface area contributed by atoms with Crippen molar-refractivity contribution in [1.82, 2.24) is 0 Å². The lowest BCUT2D eigenvalue weighted by atomic mass is 10.1. The Morgan fingerprint density at radius 1 is 0.340 bits per heavy atom. The molecule has 8 nitrogen and oxygen atoms in total. The molecule has 0 aliphatic rings. The minimum atomic E-state index is -1.34. The predicted molar refractivity (Wildman–Crippen MR) is 205 cm³/mol. The van der Waals surface area contributed by atoms with Gasteiger partial charge in [-0.15, -0.1) is 0 Å². The Bertz CT molecular complexity index is 676. The highest BCUT2D eigenvalue weighted by Gasteiger charge is 2.38. The van der Waals surface area contributed by atoms with Gasteiger partial charge < -0.3 is 28.4 Å². The van der Waals surface area contributed by atoms with Crippen LogP contribution in [-0.2, 0) is 38.0 Å². The van der Waals surface area contributed by atoms with Crippen LogP contribution in [0.5, 0.6) is 0 Å². The van der Waals surface area contributed by atoms with Crippen molar-refractivity contribution in [1.29, 1.82) is 0 Å². The van der Waals surface area contributed by atoms with E-state index in [2.05, 4.69) is 41.5 Å². The van der Waals surface area contributed by atoms with Gasteiger partial charge in [0, 0.05) is 25.7 Å². The molecule has 0 bridgehead atoms. The molecule has 50 heavy (non-hydrogen) atoms. The molecular formula is C42H82O8. The Hall–Kier alpha value is -1.22. The molecule has 0 N–H and O–H groups in total. The fourth-order valence-corrected chi connectivity index (χ4v) is 5.66. The molecule has 0 amide bonds. The van der Waals surface area contributed by atoms with Crippen molar-refractivity contribution < 1.29 is 38.0 Å². The molecule has 0 fully saturated rings. The van der Waals surface area contributed by atoms with Gasteiger partial charge in [-0.05, 0) is 51.4 Å². The van der Waals surface area contributed by atoms with Crippen LogP contribution in [0.2, 0.25) is 0 Å². The number of esters is 2. The zero-order valence-corrected chi connectivity index (χ0v) is 33.9. The second-order valence-electron chi connectivity index (χ2n) is 14.1. The lowest BCUT2D eigenvalue weighted by molar-refractivity contribution is -0.367. The maximum Gasteiger partial charge on any atom is 0.329 e. The number of unbranched alkanes of at least 4 members (excludes halogenated alkanes) is 17. The van der Waals surface area contributed by atoms with Gasteiger partial charge in [-0.3, -0.25) is 9.59 Å². The topological polar surface area (TPSA) is 89.5 Å². The van der Waals surface area contributed by atoms with Crippen LogP contribution in [0, 0.1) is 0 Å². The van der Waals surface area contributed by atoms with E-state index in [1.165, 1.54) is 51.4 Å². The van der Waals surface area contributed by atoms with E-state index < -0.39 is 11.9 Å². The van der Waals surface area contributed by atoms with Gasteiger partial charge in [0.1, 0.15) is 0 Å². The molecular weight excluding hydrogens is 632 g/mol. The summed E-state index contributed by atoms with van der Waals surface area (Å²) in [5, 5.41) is 0. The summed E-state index contributed by atoms with van der Waals surface area (Å²) in [6.45, 7) is 14.9. The Labute approximate surface area is 309 Å². The number of carbonyl (C=O) groups is 2. The van der Waals surface area contributed by atoms with Crippen LogP contribution in [0.3, 0.4) is 0 Å². The van der Waals surface area contributed by atoms with E-state index in [0.29, 0.717) is 52.1 Å². The summed E-state index contributed by atoms with van der Waals surface area (Å²) in [4.78, 5) is 26.4. The van der Waals surface area contributed by atoms with E-state index >= 15 is 0 Å². The quantitative estimate of drug-likeness (QED) is 0.0353. The average Bonchev–Trinajstić information content (AvgIpc) is 3.10. The van der Waals surface area contributed by atoms with E-state index in [1.807, 2.05) is 0 Å². The molecule has 0 aromatic carbocycles. The highest BCUT2D eigenvalue weighted by Crippen LogP contribution is 2.28. The fraction of sp³-hybridized carbons (Fsp3) is 0.952. The third-order valence-electron chi connectivity index (χ3n) is 9.00. The van der Waals surface area contributed by atoms with E-state index in [-0.39, 0.29) is 24.8 Å². The molecule has 0 radical (unpaired) electrons. The average molecular weight is 715 g/mol. The van der Waals surface area contributed by atoms with Gasteiger partial charge in [-0.2, -0.15) is 0 Å². The number of rotatable bonds is 39. The van der Waals surface area contributed by atoms with Gasteiger partial charge >= 0.3 is 23.9 Å². The second-order valence-corrected chi connectivity index (χ2v) is 14.1. The van der Waals surface area contributed by atoms with Gasteiger partial charge in [0.2, 0.25) is 0 Å². The lowest BCUT2D eigenvalue weighted by Gasteiger charge is -2.33. The van der Waals surface area contributed by atoms with Crippen molar-refractivity contribution in [2.75, 3.05) is 26.4 Å². The van der Waals surface area contributed by atoms with Crippen molar-refractivity contribution in [3.8, 4) is 0 Å². The fourth-order valence-electron chi connectivity index (χ4n) is 5.66. The summed E-state index contributed by atoms with van der Waals surface area (Å²) in [5.41, 5.74) is 0. The molecule has 0 rings (SSSR count). The Morgan fingerprint density at radius 2 is 0.600 bits per heavy atom. The maximum atomic E-state index is 13.2. The predicted octanol–water partition coefficient (Wildman–Crippen LogP) is 12.5. The highest BCUT2D eigenvalue weighted by atomic mass is 16.9. The van der Waals surface area contributed by atoms with Crippen molar-refractivity contribution in [3.05, 3.63) is 0 Å². The van der Waals surface area contributed by atoms with Crippen LogP contribution in [0.25, 0.3) is 0 Å². The zero-order valence-electron chi connectivity index (χ0n) is 33.9. The summed E-state index contributed by atoms with van der Waals surface area (Å²) in [5.74, 6) is -3.39. The molecule has 0 aliphatic carbocycles. The molecule has 0 aromatic rings. The molecule has 0 aliphatic heterocycles. The summed E-state index contributed by atoms with van der Waals surface area (Å²) in [6, 6.07) is 0. The molecule has 0 heterocycles. The Morgan fingerprint density at radius 3 is 0.880 bits per heavy atom. The molecule has 8 heteroatoms. The summed E-state index contributed by atoms with van der Waals surface area (Å²) < 4.78 is 36.9.